The number of rotatable bonds is 3. The highest BCUT2D eigenvalue weighted by atomic mass is 16.5. The van der Waals surface area contributed by atoms with Crippen LogP contribution in [0.25, 0.3) is 0 Å². The lowest BCUT2D eigenvalue weighted by atomic mass is 9.91. The first-order chi connectivity index (χ1) is 7.01. The number of piperidine rings is 1. The van der Waals surface area contributed by atoms with Gasteiger partial charge in [-0.15, -0.1) is 0 Å². The first-order valence-corrected chi connectivity index (χ1v) is 5.84. The van der Waals surface area contributed by atoms with Crippen LogP contribution in [0.5, 0.6) is 0 Å². The SMILES string of the molecule is CCC(C)(C)N1CCC(C(=O)OC)CC1. The van der Waals surface area contributed by atoms with Crippen molar-refractivity contribution < 1.29 is 9.53 Å². The van der Waals surface area contributed by atoms with E-state index in [0.717, 1.165) is 32.4 Å². The van der Waals surface area contributed by atoms with Gasteiger partial charge in [0.1, 0.15) is 0 Å². The van der Waals surface area contributed by atoms with Gasteiger partial charge in [0.25, 0.3) is 0 Å². The summed E-state index contributed by atoms with van der Waals surface area (Å²) in [6.07, 6.45) is 3.03. The number of nitrogens with zero attached hydrogens (tertiary/aromatic N) is 1. The molecule has 1 rings (SSSR count). The van der Waals surface area contributed by atoms with E-state index in [2.05, 4.69) is 25.7 Å². The Hall–Kier alpha value is -0.570. The van der Waals surface area contributed by atoms with Crippen LogP contribution in [0.2, 0.25) is 0 Å². The number of ether oxygens (including phenoxy) is 1. The summed E-state index contributed by atoms with van der Waals surface area (Å²) in [5.74, 6) is 0.0860. The number of carbonyl (C=O) groups excluding carboxylic acids is 1. The van der Waals surface area contributed by atoms with Gasteiger partial charge in [0, 0.05) is 5.54 Å². The molecule has 0 aliphatic carbocycles. The van der Waals surface area contributed by atoms with Gasteiger partial charge in [0.05, 0.1) is 13.0 Å². The molecule has 1 saturated heterocycles. The van der Waals surface area contributed by atoms with E-state index in [1.165, 1.54) is 7.11 Å². The molecular weight excluding hydrogens is 190 g/mol. The quantitative estimate of drug-likeness (QED) is 0.672. The second-order valence-corrected chi connectivity index (χ2v) is 4.95. The lowest BCUT2D eigenvalue weighted by Crippen LogP contribution is -2.48. The fourth-order valence-corrected chi connectivity index (χ4v) is 2.11. The summed E-state index contributed by atoms with van der Waals surface area (Å²) < 4.78 is 4.78. The minimum atomic E-state index is -0.0380. The average Bonchev–Trinajstić information content (AvgIpc) is 2.28. The second kappa shape index (κ2) is 4.97. The van der Waals surface area contributed by atoms with Crippen molar-refractivity contribution >= 4 is 5.97 Å². The van der Waals surface area contributed by atoms with Crippen molar-refractivity contribution in [3.63, 3.8) is 0 Å². The molecule has 15 heavy (non-hydrogen) atoms. The van der Waals surface area contributed by atoms with Gasteiger partial charge < -0.3 is 4.74 Å². The van der Waals surface area contributed by atoms with E-state index in [4.69, 9.17) is 4.74 Å². The zero-order chi connectivity index (χ0) is 11.5. The average molecular weight is 213 g/mol. The first kappa shape index (κ1) is 12.5. The molecule has 1 fully saturated rings. The lowest BCUT2D eigenvalue weighted by molar-refractivity contribution is -0.147. The number of hydrogen-bond acceptors (Lipinski definition) is 3. The molecule has 0 spiro atoms. The summed E-state index contributed by atoms with van der Waals surface area (Å²) in [4.78, 5) is 13.8. The Kier molecular flexibility index (Phi) is 4.14. The third kappa shape index (κ3) is 2.94. The maximum absolute atomic E-state index is 11.4. The van der Waals surface area contributed by atoms with E-state index in [1.54, 1.807) is 0 Å². The molecule has 0 aromatic carbocycles. The fraction of sp³-hybridized carbons (Fsp3) is 0.917. The van der Waals surface area contributed by atoms with Crippen LogP contribution in [0.1, 0.15) is 40.0 Å². The summed E-state index contributed by atoms with van der Waals surface area (Å²) >= 11 is 0. The lowest BCUT2D eigenvalue weighted by Gasteiger charge is -2.42. The Morgan fingerprint density at radius 1 is 1.40 bits per heavy atom. The second-order valence-electron chi connectivity index (χ2n) is 4.95. The van der Waals surface area contributed by atoms with Crippen molar-refractivity contribution in [1.29, 1.82) is 0 Å². The minimum absolute atomic E-state index is 0.0380. The van der Waals surface area contributed by atoms with Gasteiger partial charge in [-0.2, -0.15) is 0 Å². The molecule has 88 valence electrons. The molecule has 0 bridgehead atoms. The van der Waals surface area contributed by atoms with E-state index in [0.29, 0.717) is 0 Å². The van der Waals surface area contributed by atoms with Crippen LogP contribution < -0.4 is 0 Å². The number of hydrogen-bond donors (Lipinski definition) is 0. The van der Waals surface area contributed by atoms with Crippen LogP contribution in [0.4, 0.5) is 0 Å². The highest BCUT2D eigenvalue weighted by Gasteiger charge is 2.31. The monoisotopic (exact) mass is 213 g/mol. The molecule has 1 heterocycles. The topological polar surface area (TPSA) is 29.5 Å². The molecule has 0 atom stereocenters. The van der Waals surface area contributed by atoms with Crippen molar-refractivity contribution in [2.75, 3.05) is 20.2 Å². The molecule has 3 nitrogen and oxygen atoms in total. The third-order valence-corrected chi connectivity index (χ3v) is 3.75. The van der Waals surface area contributed by atoms with Crippen LogP contribution in [0, 0.1) is 5.92 Å². The summed E-state index contributed by atoms with van der Waals surface area (Å²) in [5.41, 5.74) is 0.265. The first-order valence-electron chi connectivity index (χ1n) is 5.84. The molecule has 0 saturated carbocycles. The fourth-order valence-electron chi connectivity index (χ4n) is 2.11. The van der Waals surface area contributed by atoms with Crippen LogP contribution in [0.15, 0.2) is 0 Å². The molecule has 0 unspecified atom stereocenters. The van der Waals surface area contributed by atoms with Crippen LogP contribution in [0.3, 0.4) is 0 Å². The van der Waals surface area contributed by atoms with Crippen molar-refractivity contribution in [1.82, 2.24) is 4.90 Å². The Balaban J connectivity index is 2.46. The van der Waals surface area contributed by atoms with Crippen molar-refractivity contribution in [2.24, 2.45) is 5.92 Å². The molecule has 0 N–H and O–H groups in total. The Bertz CT molecular complexity index is 218. The standard InChI is InChI=1S/C12H23NO2/c1-5-12(2,3)13-8-6-10(7-9-13)11(14)15-4/h10H,5-9H2,1-4H3. The summed E-state index contributed by atoms with van der Waals surface area (Å²) in [7, 11) is 1.48. The van der Waals surface area contributed by atoms with Gasteiger partial charge >= 0.3 is 5.97 Å². The predicted octanol–water partition coefficient (Wildman–Crippen LogP) is 2.06. The number of methoxy groups -OCH3 is 1. The predicted molar refractivity (Wildman–Crippen MR) is 60.7 cm³/mol. The molecule has 3 heteroatoms. The van der Waals surface area contributed by atoms with Crippen molar-refractivity contribution in [2.45, 2.75) is 45.6 Å². The van der Waals surface area contributed by atoms with Gasteiger partial charge in [-0.3, -0.25) is 9.69 Å². The molecule has 0 amide bonds. The zero-order valence-electron chi connectivity index (χ0n) is 10.4. The van der Waals surface area contributed by atoms with E-state index in [1.807, 2.05) is 0 Å². The molecule has 0 radical (unpaired) electrons. The maximum atomic E-state index is 11.4. The normalized spacial score (nSPS) is 20.3. The van der Waals surface area contributed by atoms with Crippen LogP contribution in [-0.2, 0) is 9.53 Å². The number of likely N-dealkylation sites (tertiary alicyclic amines) is 1. The number of carbonyl (C=O) groups is 1. The van der Waals surface area contributed by atoms with Gasteiger partial charge in [0.2, 0.25) is 0 Å². The third-order valence-electron chi connectivity index (χ3n) is 3.75. The summed E-state index contributed by atoms with van der Waals surface area (Å²) in [6, 6.07) is 0. The van der Waals surface area contributed by atoms with Gasteiger partial charge in [-0.05, 0) is 46.2 Å². The van der Waals surface area contributed by atoms with Gasteiger partial charge in [0.15, 0.2) is 0 Å². The van der Waals surface area contributed by atoms with E-state index >= 15 is 0 Å². The highest BCUT2D eigenvalue weighted by molar-refractivity contribution is 5.72. The maximum Gasteiger partial charge on any atom is 0.308 e. The largest absolute Gasteiger partial charge is 0.469 e. The smallest absolute Gasteiger partial charge is 0.308 e. The molecule has 1 aliphatic rings. The van der Waals surface area contributed by atoms with Crippen LogP contribution in [-0.4, -0.2) is 36.6 Å². The Labute approximate surface area is 92.8 Å². The van der Waals surface area contributed by atoms with E-state index < -0.39 is 0 Å². The van der Waals surface area contributed by atoms with Gasteiger partial charge in [-0.1, -0.05) is 6.92 Å². The molecular formula is C12H23NO2. The highest BCUT2D eigenvalue weighted by Crippen LogP contribution is 2.26. The van der Waals surface area contributed by atoms with Crippen molar-refractivity contribution in [3.8, 4) is 0 Å². The summed E-state index contributed by atoms with van der Waals surface area (Å²) in [6.45, 7) is 8.78. The Morgan fingerprint density at radius 3 is 2.33 bits per heavy atom. The van der Waals surface area contributed by atoms with E-state index in [9.17, 15) is 4.79 Å². The molecule has 0 aromatic rings. The summed E-state index contributed by atoms with van der Waals surface area (Å²) in [5, 5.41) is 0. The number of esters is 1. The Morgan fingerprint density at radius 2 is 1.93 bits per heavy atom. The molecule has 0 aromatic heterocycles. The minimum Gasteiger partial charge on any atom is -0.469 e. The van der Waals surface area contributed by atoms with Crippen molar-refractivity contribution in [3.05, 3.63) is 0 Å². The van der Waals surface area contributed by atoms with E-state index in [-0.39, 0.29) is 17.4 Å². The van der Waals surface area contributed by atoms with Gasteiger partial charge in [-0.25, -0.2) is 0 Å². The molecule has 1 aliphatic heterocycles. The zero-order valence-corrected chi connectivity index (χ0v) is 10.4. The van der Waals surface area contributed by atoms with Crippen LogP contribution >= 0.6 is 0 Å².